The highest BCUT2D eigenvalue weighted by Gasteiger charge is 2.57. The third-order valence-electron chi connectivity index (χ3n) is 6.42. The molecule has 13 heteroatoms. The lowest BCUT2D eigenvalue weighted by Crippen LogP contribution is -2.51. The molecule has 0 unspecified atom stereocenters. The molecule has 0 spiro atoms. The number of alkyl halides is 3. The number of aliphatic hydroxyl groups is 1. The van der Waals surface area contributed by atoms with Gasteiger partial charge in [-0.25, -0.2) is 9.37 Å². The number of hydrogen-bond donors (Lipinski definition) is 3. The molecule has 1 amide bonds. The zero-order valence-electron chi connectivity index (χ0n) is 21.7. The van der Waals surface area contributed by atoms with Gasteiger partial charge in [-0.1, -0.05) is 11.6 Å². The van der Waals surface area contributed by atoms with Crippen molar-refractivity contribution in [3.05, 3.63) is 70.1 Å². The maximum Gasteiger partial charge on any atom is 0.424 e. The summed E-state index contributed by atoms with van der Waals surface area (Å²) in [5.74, 6) is -1.04. The third-order valence-corrected chi connectivity index (χ3v) is 6.71. The van der Waals surface area contributed by atoms with Crippen LogP contribution in [0, 0.1) is 5.82 Å². The summed E-state index contributed by atoms with van der Waals surface area (Å²) < 4.78 is 73.5. The summed E-state index contributed by atoms with van der Waals surface area (Å²) in [5, 5.41) is 12.9. The molecule has 40 heavy (non-hydrogen) atoms. The predicted molar refractivity (Wildman–Crippen MR) is 138 cm³/mol. The van der Waals surface area contributed by atoms with Crippen molar-refractivity contribution in [2.45, 2.75) is 31.2 Å². The molecule has 0 saturated carbocycles. The average Bonchev–Trinajstić information content (AvgIpc) is 3.22. The second kappa shape index (κ2) is 10.8. The summed E-state index contributed by atoms with van der Waals surface area (Å²) in [6.45, 7) is 2.24. The maximum atomic E-state index is 14.5. The molecule has 1 aliphatic rings. The van der Waals surface area contributed by atoms with E-state index >= 15 is 0 Å². The van der Waals surface area contributed by atoms with E-state index in [4.69, 9.17) is 31.5 Å². The van der Waals surface area contributed by atoms with E-state index in [0.29, 0.717) is 12.4 Å². The molecule has 0 bridgehead atoms. The van der Waals surface area contributed by atoms with Crippen LogP contribution in [0.2, 0.25) is 5.02 Å². The van der Waals surface area contributed by atoms with Crippen LogP contribution in [0.25, 0.3) is 11.3 Å². The molecular weight excluding hydrogens is 558 g/mol. The fourth-order valence-electron chi connectivity index (χ4n) is 4.18. The summed E-state index contributed by atoms with van der Waals surface area (Å²) in [6.07, 6.45) is -5.29. The Balaban J connectivity index is 1.76. The molecule has 2 heterocycles. The van der Waals surface area contributed by atoms with Crippen molar-refractivity contribution in [3.63, 3.8) is 0 Å². The Morgan fingerprint density at radius 3 is 2.58 bits per heavy atom. The number of aromatic nitrogens is 1. The highest BCUT2D eigenvalue weighted by atomic mass is 35.5. The topological polar surface area (TPSA) is 116 Å². The van der Waals surface area contributed by atoms with Crippen LogP contribution in [0.1, 0.15) is 35.5 Å². The summed E-state index contributed by atoms with van der Waals surface area (Å²) in [7, 11) is 1.35. The number of carbonyl (C=O) groups is 1. The Morgan fingerprint density at radius 2 is 1.95 bits per heavy atom. The molecule has 1 aliphatic heterocycles. The van der Waals surface area contributed by atoms with Crippen LogP contribution in [0.4, 0.5) is 17.6 Å². The van der Waals surface area contributed by atoms with Gasteiger partial charge in [-0.3, -0.25) is 4.79 Å². The number of benzene rings is 2. The number of halogens is 5. The number of rotatable bonds is 8. The third kappa shape index (κ3) is 5.38. The molecule has 0 aliphatic carbocycles. The summed E-state index contributed by atoms with van der Waals surface area (Å²) in [4.78, 5) is 16.9. The molecule has 4 rings (SSSR count). The molecule has 0 fully saturated rings. The highest BCUT2D eigenvalue weighted by Crippen LogP contribution is 2.46. The van der Waals surface area contributed by atoms with Crippen LogP contribution in [0.3, 0.4) is 0 Å². The van der Waals surface area contributed by atoms with Crippen molar-refractivity contribution >= 4 is 17.5 Å². The van der Waals surface area contributed by atoms with Crippen LogP contribution in [0.15, 0.2) is 42.5 Å². The number of nitrogens with one attached hydrogen (secondary N) is 1. The van der Waals surface area contributed by atoms with Crippen molar-refractivity contribution in [1.82, 2.24) is 10.3 Å². The van der Waals surface area contributed by atoms with Gasteiger partial charge in [-0.2, -0.15) is 13.2 Å². The van der Waals surface area contributed by atoms with Gasteiger partial charge in [0.1, 0.15) is 18.1 Å². The maximum absolute atomic E-state index is 14.5. The fraction of sp³-hybridized carbons (Fsp3) is 0.333. The van der Waals surface area contributed by atoms with Gasteiger partial charge in [0.05, 0.1) is 36.5 Å². The molecule has 0 saturated heterocycles. The van der Waals surface area contributed by atoms with E-state index in [1.54, 1.807) is 6.92 Å². The van der Waals surface area contributed by atoms with E-state index in [9.17, 15) is 27.5 Å². The van der Waals surface area contributed by atoms with Crippen LogP contribution in [-0.4, -0.2) is 49.0 Å². The lowest BCUT2D eigenvalue weighted by atomic mass is 9.89. The molecule has 0 radical (unpaired) electrons. The second-order valence-corrected chi connectivity index (χ2v) is 9.81. The number of fused-ring (bicyclic) bond motifs is 1. The van der Waals surface area contributed by atoms with E-state index in [1.807, 2.05) is 0 Å². The lowest BCUT2D eigenvalue weighted by molar-refractivity contribution is -0.265. The van der Waals surface area contributed by atoms with Gasteiger partial charge < -0.3 is 30.4 Å². The molecule has 214 valence electrons. The summed E-state index contributed by atoms with van der Waals surface area (Å²) in [6, 6.07) is 8.54. The first-order valence-electron chi connectivity index (χ1n) is 12.0. The quantitative estimate of drug-likeness (QED) is 0.329. The number of ether oxygens (including phenoxy) is 3. The van der Waals surface area contributed by atoms with Gasteiger partial charge in [0.25, 0.3) is 5.91 Å². The molecule has 2 aromatic carbocycles. The van der Waals surface area contributed by atoms with Crippen molar-refractivity contribution in [1.29, 1.82) is 0 Å². The van der Waals surface area contributed by atoms with Gasteiger partial charge >= 0.3 is 6.18 Å². The number of nitrogens with zero attached hydrogens (tertiary/aromatic N) is 1. The molecule has 4 N–H and O–H groups in total. The number of amides is 1. The molecule has 8 nitrogen and oxygen atoms in total. The van der Waals surface area contributed by atoms with Gasteiger partial charge in [-0.05, 0) is 56.3 Å². The zero-order chi connectivity index (χ0) is 29.5. The van der Waals surface area contributed by atoms with E-state index in [2.05, 4.69) is 10.3 Å². The van der Waals surface area contributed by atoms with E-state index in [0.717, 1.165) is 12.1 Å². The number of pyridine rings is 1. The van der Waals surface area contributed by atoms with Crippen LogP contribution < -0.4 is 25.3 Å². The monoisotopic (exact) mass is 583 g/mol. The molecule has 3 aromatic rings. The smallest absolute Gasteiger partial charge is 0.424 e. The largest absolute Gasteiger partial charge is 0.493 e. The van der Waals surface area contributed by atoms with E-state index in [-0.39, 0.29) is 45.5 Å². The van der Waals surface area contributed by atoms with Crippen molar-refractivity contribution in [2.24, 2.45) is 5.73 Å². The van der Waals surface area contributed by atoms with Crippen LogP contribution in [0.5, 0.6) is 17.2 Å². The Kier molecular flexibility index (Phi) is 7.90. The van der Waals surface area contributed by atoms with Crippen molar-refractivity contribution in [3.8, 4) is 28.5 Å². The van der Waals surface area contributed by atoms with Crippen molar-refractivity contribution < 1.29 is 41.7 Å². The number of methoxy groups -OCH3 is 1. The number of carbonyl (C=O) groups excluding carboxylic acids is 1. The number of nitrogens with two attached hydrogens (primary N) is 1. The highest BCUT2D eigenvalue weighted by molar-refractivity contribution is 6.31. The minimum Gasteiger partial charge on any atom is -0.493 e. The van der Waals surface area contributed by atoms with Gasteiger partial charge in [0, 0.05) is 16.7 Å². The summed E-state index contributed by atoms with van der Waals surface area (Å²) >= 11 is 5.90. The minimum absolute atomic E-state index is 0.0312. The molecule has 2 atom stereocenters. The van der Waals surface area contributed by atoms with Crippen LogP contribution in [-0.2, 0) is 11.1 Å². The number of hydrogen-bond acceptors (Lipinski definition) is 7. The molecule has 1 aromatic heterocycles. The van der Waals surface area contributed by atoms with Gasteiger partial charge in [0.15, 0.2) is 17.2 Å². The van der Waals surface area contributed by atoms with Gasteiger partial charge in [-0.15, -0.1) is 0 Å². The minimum atomic E-state index is -5.29. The van der Waals surface area contributed by atoms with Crippen LogP contribution >= 0.6 is 11.6 Å². The van der Waals surface area contributed by atoms with Gasteiger partial charge in [0.2, 0.25) is 5.60 Å². The standard InChI is InChI=1S/C27H26ClF4N3O5/c1-4-39-19-8-6-15(10-20(19)38-3)24(36)34-12-26(37,27(30,31)32)21-11-16-23(40-13-25(16,2)33)22(35-21)14-5-7-18(29)17(28)9-14/h5-11,37H,4,12-13,33H2,1-3H3,(H,34,36)/t25-,26+/m1/s1. The molecular formula is C27H26ClF4N3O5. The first kappa shape index (κ1) is 29.4. The summed E-state index contributed by atoms with van der Waals surface area (Å²) in [5.41, 5.74) is 0.658. The zero-order valence-corrected chi connectivity index (χ0v) is 22.4. The Morgan fingerprint density at radius 1 is 1.23 bits per heavy atom. The fourth-order valence-corrected chi connectivity index (χ4v) is 4.36. The Bertz CT molecular complexity index is 1450. The predicted octanol–water partition coefficient (Wildman–Crippen LogP) is 4.69. The Labute approximate surface area is 232 Å². The lowest BCUT2D eigenvalue weighted by Gasteiger charge is -2.31. The first-order chi connectivity index (χ1) is 18.7. The Hall–Kier alpha value is -3.61. The second-order valence-electron chi connectivity index (χ2n) is 9.41. The first-order valence-corrected chi connectivity index (χ1v) is 12.4. The van der Waals surface area contributed by atoms with Crippen molar-refractivity contribution in [2.75, 3.05) is 26.9 Å². The SMILES string of the molecule is CCOc1ccc(C(=O)NC[C@](O)(c2cc3c(c(-c4ccc(F)c(Cl)c4)n2)OC[C@@]3(C)N)C(F)(F)F)cc1OC. The van der Waals surface area contributed by atoms with E-state index < -0.39 is 41.3 Å². The normalized spacial score (nSPS) is 17.9. The average molecular weight is 584 g/mol. The van der Waals surface area contributed by atoms with E-state index in [1.165, 1.54) is 44.4 Å².